The van der Waals surface area contributed by atoms with E-state index in [9.17, 15) is 13.2 Å². The first kappa shape index (κ1) is 14.4. The molecule has 0 unspecified atom stereocenters. The van der Waals surface area contributed by atoms with E-state index in [1.807, 2.05) is 0 Å². The van der Waals surface area contributed by atoms with Crippen LogP contribution in [0.3, 0.4) is 0 Å². The monoisotopic (exact) mass is 317 g/mol. The number of nitrogens with two attached hydrogens (primary N) is 1. The van der Waals surface area contributed by atoms with Gasteiger partial charge in [-0.05, 0) is 43.2 Å². The Bertz CT molecular complexity index is 1050. The standard InChI is InChI=1S/C15H15N3O3S/c1-9-5-3-4-6-14(9)22(20,21)18-13-8-11(16)10(2)7-12(13)17-15(18)19/h3-8H,16H2,1-2H3,(H,17,19). The fraction of sp³-hybridized carbons (Fsp3) is 0.133. The van der Waals surface area contributed by atoms with Crippen LogP contribution in [0, 0.1) is 13.8 Å². The Labute approximate surface area is 127 Å². The minimum Gasteiger partial charge on any atom is -0.398 e. The van der Waals surface area contributed by atoms with Crippen molar-refractivity contribution in [3.63, 3.8) is 0 Å². The average Bonchev–Trinajstić information content (AvgIpc) is 2.75. The summed E-state index contributed by atoms with van der Waals surface area (Å²) in [5, 5.41) is 0. The van der Waals surface area contributed by atoms with Crippen molar-refractivity contribution in [2.75, 3.05) is 5.73 Å². The fourth-order valence-electron chi connectivity index (χ4n) is 2.44. The number of aryl methyl sites for hydroxylation is 2. The van der Waals surface area contributed by atoms with E-state index in [4.69, 9.17) is 5.73 Å². The van der Waals surface area contributed by atoms with Gasteiger partial charge in [-0.2, -0.15) is 3.97 Å². The van der Waals surface area contributed by atoms with Gasteiger partial charge in [0.2, 0.25) is 0 Å². The number of hydrogen-bond donors (Lipinski definition) is 2. The molecule has 0 fully saturated rings. The Morgan fingerprint density at radius 2 is 1.77 bits per heavy atom. The first-order valence-electron chi connectivity index (χ1n) is 6.64. The highest BCUT2D eigenvalue weighted by Crippen LogP contribution is 2.23. The van der Waals surface area contributed by atoms with Crippen molar-refractivity contribution in [3.8, 4) is 0 Å². The number of rotatable bonds is 2. The van der Waals surface area contributed by atoms with Crippen molar-refractivity contribution in [2.45, 2.75) is 18.7 Å². The summed E-state index contributed by atoms with van der Waals surface area (Å²) >= 11 is 0. The second-order valence-corrected chi connectivity index (χ2v) is 6.95. The molecule has 1 aromatic heterocycles. The van der Waals surface area contributed by atoms with Crippen LogP contribution in [0.5, 0.6) is 0 Å². The van der Waals surface area contributed by atoms with Gasteiger partial charge in [-0.15, -0.1) is 0 Å². The third-order valence-electron chi connectivity index (χ3n) is 3.64. The number of aromatic nitrogens is 2. The van der Waals surface area contributed by atoms with E-state index in [0.717, 1.165) is 9.54 Å². The molecule has 0 atom stereocenters. The van der Waals surface area contributed by atoms with Crippen molar-refractivity contribution in [1.29, 1.82) is 0 Å². The molecular weight excluding hydrogens is 302 g/mol. The number of imidazole rings is 1. The lowest BCUT2D eigenvalue weighted by molar-refractivity contribution is 0.586. The number of H-pyrrole nitrogens is 1. The molecule has 0 spiro atoms. The van der Waals surface area contributed by atoms with Crippen LogP contribution in [-0.4, -0.2) is 17.4 Å². The van der Waals surface area contributed by atoms with Gasteiger partial charge in [0, 0.05) is 5.69 Å². The maximum atomic E-state index is 12.8. The lowest BCUT2D eigenvalue weighted by atomic mass is 10.2. The summed E-state index contributed by atoms with van der Waals surface area (Å²) < 4.78 is 26.5. The number of nitrogens with zero attached hydrogens (tertiary/aromatic N) is 1. The summed E-state index contributed by atoms with van der Waals surface area (Å²) in [6.45, 7) is 3.48. The minimum absolute atomic E-state index is 0.0946. The Morgan fingerprint density at radius 3 is 2.45 bits per heavy atom. The fourth-order valence-corrected chi connectivity index (χ4v) is 4.04. The van der Waals surface area contributed by atoms with Crippen molar-refractivity contribution < 1.29 is 8.42 Å². The van der Waals surface area contributed by atoms with Crippen LogP contribution < -0.4 is 11.4 Å². The number of nitrogens with one attached hydrogen (secondary N) is 1. The van der Waals surface area contributed by atoms with Crippen LogP contribution >= 0.6 is 0 Å². The summed E-state index contributed by atoms with van der Waals surface area (Å²) in [7, 11) is -4.00. The van der Waals surface area contributed by atoms with Gasteiger partial charge in [0.1, 0.15) is 0 Å². The minimum atomic E-state index is -4.00. The van der Waals surface area contributed by atoms with Crippen molar-refractivity contribution in [2.24, 2.45) is 0 Å². The van der Waals surface area contributed by atoms with E-state index in [1.54, 1.807) is 38.1 Å². The average molecular weight is 317 g/mol. The summed E-state index contributed by atoms with van der Waals surface area (Å²) in [6, 6.07) is 9.69. The molecule has 6 nitrogen and oxygen atoms in total. The molecule has 0 amide bonds. The molecule has 0 aliphatic rings. The number of anilines is 1. The molecule has 3 aromatic rings. The molecule has 0 radical (unpaired) electrons. The maximum absolute atomic E-state index is 12.8. The Kier molecular flexibility index (Phi) is 3.10. The summed E-state index contributed by atoms with van der Waals surface area (Å²) in [5.41, 5.74) is 7.61. The van der Waals surface area contributed by atoms with E-state index in [0.29, 0.717) is 16.8 Å². The van der Waals surface area contributed by atoms with Crippen LogP contribution in [0.2, 0.25) is 0 Å². The molecule has 0 saturated heterocycles. The summed E-state index contributed by atoms with van der Waals surface area (Å²) in [4.78, 5) is 14.8. The molecule has 0 aliphatic heterocycles. The summed E-state index contributed by atoms with van der Waals surface area (Å²) in [6.07, 6.45) is 0. The Hall–Kier alpha value is -2.54. The number of fused-ring (bicyclic) bond motifs is 1. The first-order valence-corrected chi connectivity index (χ1v) is 8.08. The molecule has 3 rings (SSSR count). The lowest BCUT2D eigenvalue weighted by Crippen LogP contribution is -2.25. The maximum Gasteiger partial charge on any atom is 0.340 e. The van der Waals surface area contributed by atoms with Gasteiger partial charge >= 0.3 is 5.69 Å². The largest absolute Gasteiger partial charge is 0.398 e. The smallest absolute Gasteiger partial charge is 0.340 e. The molecule has 22 heavy (non-hydrogen) atoms. The number of aromatic amines is 1. The summed E-state index contributed by atoms with van der Waals surface area (Å²) in [5.74, 6) is 0. The number of nitrogen functional groups attached to an aromatic ring is 1. The van der Waals surface area contributed by atoms with E-state index in [1.165, 1.54) is 12.1 Å². The van der Waals surface area contributed by atoms with Gasteiger partial charge in [-0.3, -0.25) is 0 Å². The third kappa shape index (κ3) is 2.01. The lowest BCUT2D eigenvalue weighted by Gasteiger charge is -2.09. The normalized spacial score (nSPS) is 11.9. The second-order valence-electron chi connectivity index (χ2n) is 5.19. The van der Waals surface area contributed by atoms with Gasteiger partial charge in [-0.25, -0.2) is 13.2 Å². The molecule has 1 heterocycles. The highest BCUT2D eigenvalue weighted by atomic mass is 32.2. The van der Waals surface area contributed by atoms with Crippen LogP contribution in [0.25, 0.3) is 11.0 Å². The van der Waals surface area contributed by atoms with Crippen LogP contribution in [-0.2, 0) is 10.0 Å². The van der Waals surface area contributed by atoms with E-state index in [-0.39, 0.29) is 10.4 Å². The van der Waals surface area contributed by atoms with Crippen molar-refractivity contribution in [1.82, 2.24) is 8.96 Å². The van der Waals surface area contributed by atoms with E-state index >= 15 is 0 Å². The van der Waals surface area contributed by atoms with Gasteiger partial charge in [0.15, 0.2) is 0 Å². The van der Waals surface area contributed by atoms with Gasteiger partial charge in [0.05, 0.1) is 15.9 Å². The second kappa shape index (κ2) is 4.74. The van der Waals surface area contributed by atoms with Gasteiger partial charge in [-0.1, -0.05) is 18.2 Å². The molecular formula is C15H15N3O3S. The molecule has 7 heteroatoms. The Balaban J connectivity index is 2.40. The van der Waals surface area contributed by atoms with Gasteiger partial charge in [0.25, 0.3) is 10.0 Å². The number of benzene rings is 2. The Morgan fingerprint density at radius 1 is 1.09 bits per heavy atom. The molecule has 0 aliphatic carbocycles. The highest BCUT2D eigenvalue weighted by molar-refractivity contribution is 7.90. The predicted molar refractivity (Wildman–Crippen MR) is 85.5 cm³/mol. The predicted octanol–water partition coefficient (Wildman–Crippen LogP) is 1.77. The molecule has 114 valence electrons. The van der Waals surface area contributed by atoms with Crippen molar-refractivity contribution >= 4 is 26.7 Å². The molecule has 0 saturated carbocycles. The highest BCUT2D eigenvalue weighted by Gasteiger charge is 2.24. The quantitative estimate of drug-likeness (QED) is 0.704. The van der Waals surface area contributed by atoms with Crippen LogP contribution in [0.15, 0.2) is 46.1 Å². The molecule has 3 N–H and O–H groups in total. The van der Waals surface area contributed by atoms with Crippen LogP contribution in [0.4, 0.5) is 5.69 Å². The van der Waals surface area contributed by atoms with Crippen molar-refractivity contribution in [3.05, 3.63) is 58.0 Å². The zero-order valence-corrected chi connectivity index (χ0v) is 12.9. The van der Waals surface area contributed by atoms with Crippen LogP contribution in [0.1, 0.15) is 11.1 Å². The molecule has 0 bridgehead atoms. The van der Waals surface area contributed by atoms with E-state index in [2.05, 4.69) is 4.98 Å². The zero-order chi connectivity index (χ0) is 16.1. The third-order valence-corrected chi connectivity index (χ3v) is 5.50. The number of hydrogen-bond acceptors (Lipinski definition) is 4. The van der Waals surface area contributed by atoms with E-state index < -0.39 is 15.7 Å². The SMILES string of the molecule is Cc1cc2[nH]c(=O)n(S(=O)(=O)c3ccccc3C)c2cc1N. The molecule has 2 aromatic carbocycles. The van der Waals surface area contributed by atoms with Gasteiger partial charge < -0.3 is 10.7 Å². The first-order chi connectivity index (χ1) is 10.3. The topological polar surface area (TPSA) is 98.0 Å². The zero-order valence-electron chi connectivity index (χ0n) is 12.1.